The molecule has 1 rings (SSSR count). The monoisotopic (exact) mass is 239 g/mol. The van der Waals surface area contributed by atoms with Crippen LogP contribution in [0.3, 0.4) is 0 Å². The molecular weight excluding hydrogens is 230 g/mol. The van der Waals surface area contributed by atoms with Crippen molar-refractivity contribution in [2.75, 3.05) is 7.11 Å². The Bertz CT molecular complexity index is 435. The molecule has 1 heterocycles. The molecule has 0 radical (unpaired) electrons. The molecule has 6 nitrogen and oxygen atoms in total. The van der Waals surface area contributed by atoms with E-state index < -0.39 is 5.97 Å². The van der Waals surface area contributed by atoms with E-state index in [1.807, 2.05) is 0 Å². The number of hydrogen-bond acceptors (Lipinski definition) is 6. The summed E-state index contributed by atoms with van der Waals surface area (Å²) in [7, 11) is 1.27. The molecule has 0 atom stereocenters. The van der Waals surface area contributed by atoms with Gasteiger partial charge in [-0.05, 0) is 0 Å². The maximum Gasteiger partial charge on any atom is 0.357 e. The average molecular weight is 239 g/mol. The molecule has 1 aromatic heterocycles. The molecule has 1 amide bonds. The molecule has 1 N–H and O–H groups in total. The smallest absolute Gasteiger partial charge is 0.357 e. The van der Waals surface area contributed by atoms with Crippen LogP contribution < -0.4 is 5.32 Å². The van der Waals surface area contributed by atoms with E-state index in [0.717, 1.165) is 0 Å². The summed E-state index contributed by atoms with van der Waals surface area (Å²) in [6.07, 6.45) is -0.185. The van der Waals surface area contributed by atoms with Crippen LogP contribution >= 0.6 is 11.3 Å². The van der Waals surface area contributed by atoms with Crippen molar-refractivity contribution in [3.63, 3.8) is 0 Å². The Labute approximate surface area is 95.9 Å². The van der Waals surface area contributed by atoms with E-state index >= 15 is 0 Å². The van der Waals surface area contributed by atoms with Crippen LogP contribution in [0.25, 0.3) is 0 Å². The van der Waals surface area contributed by atoms with Crippen LogP contribution in [0.5, 0.6) is 0 Å². The molecule has 0 aliphatic heterocycles. The van der Waals surface area contributed by atoms with E-state index in [2.05, 4.69) is 15.0 Å². The van der Waals surface area contributed by atoms with Gasteiger partial charge in [0.05, 0.1) is 19.7 Å². The van der Waals surface area contributed by atoms with Gasteiger partial charge >= 0.3 is 5.97 Å². The highest BCUT2D eigenvalue weighted by atomic mass is 32.1. The first kappa shape index (κ1) is 12.1. The summed E-state index contributed by atoms with van der Waals surface area (Å²) >= 11 is 1.24. The second kappa shape index (κ2) is 5.82. The van der Waals surface area contributed by atoms with Gasteiger partial charge in [0.15, 0.2) is 5.69 Å². The predicted octanol–water partition coefficient (Wildman–Crippen LogP) is 0.460. The number of hydrogen-bond donors (Lipinski definition) is 1. The molecule has 0 aliphatic carbocycles. The van der Waals surface area contributed by atoms with E-state index in [4.69, 9.17) is 5.26 Å². The summed E-state index contributed by atoms with van der Waals surface area (Å²) in [4.78, 5) is 26.0. The number of ether oxygens (including phenoxy) is 1. The molecule has 0 aromatic carbocycles. The standard InChI is InChI=1S/C9H9N3O3S/c1-15-9(14)6-5-16-8(12-6)4-11-7(13)2-3-10/h5H,2,4H2,1H3,(H,11,13). The van der Waals surface area contributed by atoms with E-state index in [1.54, 1.807) is 11.4 Å². The lowest BCUT2D eigenvalue weighted by Gasteiger charge is -1.97. The van der Waals surface area contributed by atoms with Crippen LogP contribution in [0.15, 0.2) is 5.38 Å². The van der Waals surface area contributed by atoms with Crippen molar-refractivity contribution in [1.29, 1.82) is 5.26 Å². The van der Waals surface area contributed by atoms with Gasteiger partial charge < -0.3 is 10.1 Å². The van der Waals surface area contributed by atoms with Gasteiger partial charge in [0.25, 0.3) is 0 Å². The average Bonchev–Trinajstić information content (AvgIpc) is 2.74. The van der Waals surface area contributed by atoms with E-state index in [1.165, 1.54) is 18.4 Å². The molecule has 0 aliphatic rings. The van der Waals surface area contributed by atoms with Gasteiger partial charge in [0, 0.05) is 5.38 Å². The largest absolute Gasteiger partial charge is 0.464 e. The highest BCUT2D eigenvalue weighted by Crippen LogP contribution is 2.10. The molecule has 0 saturated carbocycles. The molecule has 0 bridgehead atoms. The lowest BCUT2D eigenvalue weighted by atomic mass is 10.4. The molecule has 0 unspecified atom stereocenters. The van der Waals surface area contributed by atoms with Crippen molar-refractivity contribution in [1.82, 2.24) is 10.3 Å². The molecule has 0 saturated heterocycles. The highest BCUT2D eigenvalue weighted by molar-refractivity contribution is 7.09. The van der Waals surface area contributed by atoms with Gasteiger partial charge in [-0.25, -0.2) is 9.78 Å². The third-order valence-electron chi connectivity index (χ3n) is 1.62. The Hall–Kier alpha value is -1.94. The molecule has 16 heavy (non-hydrogen) atoms. The summed E-state index contributed by atoms with van der Waals surface area (Å²) in [5, 5.41) is 12.9. The van der Waals surface area contributed by atoms with E-state index in [9.17, 15) is 9.59 Å². The second-order valence-electron chi connectivity index (χ2n) is 2.73. The third-order valence-corrected chi connectivity index (χ3v) is 2.47. The van der Waals surface area contributed by atoms with Crippen molar-refractivity contribution in [2.24, 2.45) is 0 Å². The molecule has 0 fully saturated rings. The van der Waals surface area contributed by atoms with Crippen LogP contribution in [0.1, 0.15) is 21.9 Å². The topological polar surface area (TPSA) is 92.1 Å². The van der Waals surface area contributed by atoms with E-state index in [-0.39, 0.29) is 24.6 Å². The Morgan fingerprint density at radius 1 is 1.69 bits per heavy atom. The minimum absolute atomic E-state index is 0.185. The molecule has 1 aromatic rings. The number of methoxy groups -OCH3 is 1. The van der Waals surface area contributed by atoms with Crippen LogP contribution in [-0.4, -0.2) is 24.0 Å². The van der Waals surface area contributed by atoms with Gasteiger partial charge in [0.1, 0.15) is 11.4 Å². The first-order chi connectivity index (χ1) is 7.67. The number of esters is 1. The normalized spacial score (nSPS) is 9.25. The molecular formula is C9H9N3O3S. The van der Waals surface area contributed by atoms with Gasteiger partial charge in [-0.2, -0.15) is 5.26 Å². The van der Waals surface area contributed by atoms with Crippen LogP contribution in [0.4, 0.5) is 0 Å². The summed E-state index contributed by atoms with van der Waals surface area (Å²) in [6, 6.07) is 1.73. The van der Waals surface area contributed by atoms with Gasteiger partial charge in [-0.3, -0.25) is 4.79 Å². The number of carbonyl (C=O) groups excluding carboxylic acids is 2. The van der Waals surface area contributed by atoms with Crippen molar-refractivity contribution < 1.29 is 14.3 Å². The zero-order chi connectivity index (χ0) is 12.0. The van der Waals surface area contributed by atoms with Crippen molar-refractivity contribution >= 4 is 23.2 Å². The summed E-state index contributed by atoms with van der Waals surface area (Å²) < 4.78 is 4.49. The number of aromatic nitrogens is 1. The third kappa shape index (κ3) is 3.33. The zero-order valence-electron chi connectivity index (χ0n) is 8.52. The van der Waals surface area contributed by atoms with E-state index in [0.29, 0.717) is 5.01 Å². The minimum atomic E-state index is -0.508. The van der Waals surface area contributed by atoms with Crippen LogP contribution in [-0.2, 0) is 16.1 Å². The number of nitriles is 1. The fourth-order valence-corrected chi connectivity index (χ4v) is 1.60. The number of nitrogens with one attached hydrogen (secondary N) is 1. The highest BCUT2D eigenvalue weighted by Gasteiger charge is 2.10. The predicted molar refractivity (Wildman–Crippen MR) is 55.5 cm³/mol. The Balaban J connectivity index is 2.50. The Kier molecular flexibility index (Phi) is 4.42. The molecule has 84 valence electrons. The Morgan fingerprint density at radius 2 is 2.44 bits per heavy atom. The fraction of sp³-hybridized carbons (Fsp3) is 0.333. The maximum absolute atomic E-state index is 11.1. The number of carbonyl (C=O) groups is 2. The fourth-order valence-electron chi connectivity index (χ4n) is 0.899. The summed E-state index contributed by atoms with van der Waals surface area (Å²) in [5.41, 5.74) is 0.219. The van der Waals surface area contributed by atoms with Crippen LogP contribution in [0, 0.1) is 11.3 Å². The zero-order valence-corrected chi connectivity index (χ0v) is 9.34. The SMILES string of the molecule is COC(=O)c1csc(CNC(=O)CC#N)n1. The number of rotatable bonds is 4. The quantitative estimate of drug-likeness (QED) is 0.770. The van der Waals surface area contributed by atoms with Gasteiger partial charge in [0.2, 0.25) is 5.91 Å². The lowest BCUT2D eigenvalue weighted by Crippen LogP contribution is -2.21. The van der Waals surface area contributed by atoms with Crippen molar-refractivity contribution in [2.45, 2.75) is 13.0 Å². The number of amides is 1. The maximum atomic E-state index is 11.1. The van der Waals surface area contributed by atoms with Gasteiger partial charge in [-0.1, -0.05) is 0 Å². The number of thiazole rings is 1. The van der Waals surface area contributed by atoms with Gasteiger partial charge in [-0.15, -0.1) is 11.3 Å². The number of nitrogens with zero attached hydrogens (tertiary/aromatic N) is 2. The molecule has 0 spiro atoms. The first-order valence-electron chi connectivity index (χ1n) is 4.33. The summed E-state index contributed by atoms with van der Waals surface area (Å²) in [5.74, 6) is -0.872. The minimum Gasteiger partial charge on any atom is -0.464 e. The van der Waals surface area contributed by atoms with Crippen LogP contribution in [0.2, 0.25) is 0 Å². The van der Waals surface area contributed by atoms with Crippen molar-refractivity contribution in [3.05, 3.63) is 16.1 Å². The Morgan fingerprint density at radius 3 is 3.06 bits per heavy atom. The molecule has 7 heteroatoms. The second-order valence-corrected chi connectivity index (χ2v) is 3.67. The summed E-state index contributed by atoms with van der Waals surface area (Å²) in [6.45, 7) is 0.210. The first-order valence-corrected chi connectivity index (χ1v) is 5.21. The van der Waals surface area contributed by atoms with Crippen molar-refractivity contribution in [3.8, 4) is 6.07 Å². The lowest BCUT2D eigenvalue weighted by molar-refractivity contribution is -0.120.